The second-order valence-electron chi connectivity index (χ2n) is 5.98. The predicted molar refractivity (Wildman–Crippen MR) is 67.8 cm³/mol. The van der Waals surface area contributed by atoms with Crippen molar-refractivity contribution in [1.29, 1.82) is 5.26 Å². The first-order valence-electron chi connectivity index (χ1n) is 6.54. The van der Waals surface area contributed by atoms with Gasteiger partial charge in [0.2, 0.25) is 0 Å². The predicted octanol–water partition coefficient (Wildman–Crippen LogP) is 3.00. The van der Waals surface area contributed by atoms with E-state index in [-0.39, 0.29) is 18.2 Å². The van der Waals surface area contributed by atoms with Crippen LogP contribution in [-0.2, 0) is 4.74 Å². The topological polar surface area (TPSA) is 53.3 Å². The average molecular weight is 248 g/mol. The number of allylic oxidation sites excluding steroid dienone is 1. The van der Waals surface area contributed by atoms with Gasteiger partial charge in [-0.2, -0.15) is 5.26 Å². The third-order valence-electron chi connectivity index (χ3n) is 3.46. The van der Waals surface area contributed by atoms with Gasteiger partial charge in [0.05, 0.1) is 12.1 Å². The van der Waals surface area contributed by atoms with E-state index in [1.54, 1.807) is 4.90 Å². The molecule has 2 unspecified atom stereocenters. The molecular weight excluding hydrogens is 228 g/mol. The molecule has 2 heterocycles. The molecule has 2 rings (SSSR count). The third-order valence-corrected chi connectivity index (χ3v) is 3.46. The summed E-state index contributed by atoms with van der Waals surface area (Å²) in [5.74, 6) is 0. The zero-order valence-electron chi connectivity index (χ0n) is 11.3. The second kappa shape index (κ2) is 4.64. The fraction of sp³-hybridized carbons (Fsp3) is 0.714. The summed E-state index contributed by atoms with van der Waals surface area (Å²) in [5.41, 5.74) is 0.236. The van der Waals surface area contributed by atoms with Gasteiger partial charge >= 0.3 is 6.09 Å². The molecular formula is C14H20N2O2. The summed E-state index contributed by atoms with van der Waals surface area (Å²) in [7, 11) is 0. The van der Waals surface area contributed by atoms with Gasteiger partial charge < -0.3 is 4.74 Å². The zero-order chi connectivity index (χ0) is 13.3. The van der Waals surface area contributed by atoms with Gasteiger partial charge in [-0.15, -0.1) is 0 Å². The third kappa shape index (κ3) is 2.50. The molecule has 1 fully saturated rings. The quantitative estimate of drug-likeness (QED) is 0.662. The SMILES string of the molecule is CC(C)(C)OC(=O)N1C2CCC=C(C#N)C1CC2. The Bertz CT molecular complexity index is 414. The van der Waals surface area contributed by atoms with Crippen molar-refractivity contribution in [3.63, 3.8) is 0 Å². The van der Waals surface area contributed by atoms with Crippen molar-refractivity contribution in [3.05, 3.63) is 11.6 Å². The summed E-state index contributed by atoms with van der Waals surface area (Å²) in [6.07, 6.45) is 5.36. The molecule has 0 N–H and O–H groups in total. The largest absolute Gasteiger partial charge is 0.444 e. The maximum atomic E-state index is 12.3. The number of amides is 1. The lowest BCUT2D eigenvalue weighted by atomic mass is 10.0. The number of hydrogen-bond donors (Lipinski definition) is 0. The molecule has 0 spiro atoms. The van der Waals surface area contributed by atoms with Crippen LogP contribution in [0.3, 0.4) is 0 Å². The summed E-state index contributed by atoms with van der Waals surface area (Å²) in [6.45, 7) is 5.60. The number of nitriles is 1. The summed E-state index contributed by atoms with van der Waals surface area (Å²) >= 11 is 0. The van der Waals surface area contributed by atoms with Crippen molar-refractivity contribution in [1.82, 2.24) is 4.90 Å². The first-order valence-corrected chi connectivity index (χ1v) is 6.54. The van der Waals surface area contributed by atoms with Gasteiger partial charge in [0, 0.05) is 11.6 Å². The molecule has 2 aliphatic heterocycles. The van der Waals surface area contributed by atoms with Gasteiger partial charge in [-0.25, -0.2) is 4.79 Å². The maximum Gasteiger partial charge on any atom is 0.411 e. The summed E-state index contributed by atoms with van der Waals surface area (Å²) in [6, 6.07) is 2.39. The maximum absolute atomic E-state index is 12.3. The first-order chi connectivity index (χ1) is 8.42. The molecule has 2 atom stereocenters. The summed E-state index contributed by atoms with van der Waals surface area (Å²) in [5, 5.41) is 9.17. The minimum Gasteiger partial charge on any atom is -0.444 e. The fourth-order valence-corrected chi connectivity index (χ4v) is 2.75. The Balaban J connectivity index is 2.20. The average Bonchev–Trinajstić information content (AvgIpc) is 2.53. The van der Waals surface area contributed by atoms with E-state index in [1.165, 1.54) is 0 Å². The van der Waals surface area contributed by atoms with Crippen LogP contribution in [0.15, 0.2) is 11.6 Å². The number of nitrogens with zero attached hydrogens (tertiary/aromatic N) is 2. The van der Waals surface area contributed by atoms with Gasteiger partial charge in [0.15, 0.2) is 0 Å². The van der Waals surface area contributed by atoms with E-state index in [1.807, 2.05) is 26.8 Å². The summed E-state index contributed by atoms with van der Waals surface area (Å²) in [4.78, 5) is 14.0. The van der Waals surface area contributed by atoms with Crippen molar-refractivity contribution in [2.45, 2.75) is 64.1 Å². The van der Waals surface area contributed by atoms with Crippen LogP contribution in [0.4, 0.5) is 4.79 Å². The van der Waals surface area contributed by atoms with Crippen LogP contribution in [-0.4, -0.2) is 28.7 Å². The Morgan fingerprint density at radius 1 is 1.44 bits per heavy atom. The minimum atomic E-state index is -0.487. The standard InChI is InChI=1S/C14H20N2O2/c1-14(2,3)18-13(17)16-11-6-4-5-10(9-15)12(16)8-7-11/h5,11-12H,4,6-8H2,1-3H3. The Morgan fingerprint density at radius 3 is 2.78 bits per heavy atom. The van der Waals surface area contributed by atoms with E-state index in [9.17, 15) is 10.1 Å². The van der Waals surface area contributed by atoms with Gasteiger partial charge in [0.1, 0.15) is 5.60 Å². The lowest BCUT2D eigenvalue weighted by Gasteiger charge is -2.31. The molecule has 0 aromatic carbocycles. The first kappa shape index (κ1) is 12.9. The molecule has 1 amide bonds. The van der Waals surface area contributed by atoms with E-state index in [0.29, 0.717) is 0 Å². The van der Waals surface area contributed by atoms with E-state index < -0.39 is 5.60 Å². The molecule has 2 bridgehead atoms. The molecule has 4 heteroatoms. The van der Waals surface area contributed by atoms with Crippen molar-refractivity contribution >= 4 is 6.09 Å². The lowest BCUT2D eigenvalue weighted by molar-refractivity contribution is 0.0175. The van der Waals surface area contributed by atoms with Crippen LogP contribution < -0.4 is 0 Å². The van der Waals surface area contributed by atoms with Gasteiger partial charge in [-0.05, 0) is 46.5 Å². The number of carbonyl (C=O) groups excluding carboxylic acids is 1. The smallest absolute Gasteiger partial charge is 0.411 e. The molecule has 0 saturated carbocycles. The molecule has 0 aromatic rings. The van der Waals surface area contributed by atoms with Crippen LogP contribution in [0.5, 0.6) is 0 Å². The van der Waals surface area contributed by atoms with Crippen molar-refractivity contribution in [2.75, 3.05) is 0 Å². The highest BCUT2D eigenvalue weighted by molar-refractivity contribution is 5.70. The molecule has 1 saturated heterocycles. The van der Waals surface area contributed by atoms with Crippen LogP contribution >= 0.6 is 0 Å². The molecule has 0 radical (unpaired) electrons. The lowest BCUT2D eigenvalue weighted by Crippen LogP contribution is -2.44. The van der Waals surface area contributed by atoms with Crippen molar-refractivity contribution < 1.29 is 9.53 Å². The summed E-state index contributed by atoms with van der Waals surface area (Å²) < 4.78 is 5.46. The highest BCUT2D eigenvalue weighted by atomic mass is 16.6. The molecule has 98 valence electrons. The Labute approximate surface area is 108 Å². The van der Waals surface area contributed by atoms with Crippen LogP contribution in [0.1, 0.15) is 46.5 Å². The Morgan fingerprint density at radius 2 is 2.17 bits per heavy atom. The van der Waals surface area contributed by atoms with Gasteiger partial charge in [-0.1, -0.05) is 6.08 Å². The Kier molecular flexibility index (Phi) is 3.34. The van der Waals surface area contributed by atoms with E-state index in [2.05, 4.69) is 6.07 Å². The van der Waals surface area contributed by atoms with Crippen LogP contribution in [0.2, 0.25) is 0 Å². The minimum absolute atomic E-state index is 0.0719. The number of hydrogen-bond acceptors (Lipinski definition) is 3. The normalized spacial score (nSPS) is 27.2. The highest BCUT2D eigenvalue weighted by Gasteiger charge is 2.41. The second-order valence-corrected chi connectivity index (χ2v) is 5.98. The molecule has 4 nitrogen and oxygen atoms in total. The van der Waals surface area contributed by atoms with E-state index in [4.69, 9.17) is 4.74 Å². The molecule has 0 aromatic heterocycles. The van der Waals surface area contributed by atoms with E-state index >= 15 is 0 Å². The van der Waals surface area contributed by atoms with Crippen LogP contribution in [0, 0.1) is 11.3 Å². The van der Waals surface area contributed by atoms with Crippen molar-refractivity contribution in [3.8, 4) is 6.07 Å². The van der Waals surface area contributed by atoms with Crippen molar-refractivity contribution in [2.24, 2.45) is 0 Å². The van der Waals surface area contributed by atoms with E-state index in [0.717, 1.165) is 31.3 Å². The molecule has 18 heavy (non-hydrogen) atoms. The Hall–Kier alpha value is -1.50. The number of fused-ring (bicyclic) bond motifs is 2. The number of carbonyl (C=O) groups is 1. The molecule has 0 aliphatic carbocycles. The van der Waals surface area contributed by atoms with Crippen LogP contribution in [0.25, 0.3) is 0 Å². The highest BCUT2D eigenvalue weighted by Crippen LogP contribution is 2.35. The molecule has 2 aliphatic rings. The fourth-order valence-electron chi connectivity index (χ4n) is 2.75. The monoisotopic (exact) mass is 248 g/mol. The number of rotatable bonds is 0. The zero-order valence-corrected chi connectivity index (χ0v) is 11.3. The van der Waals surface area contributed by atoms with Gasteiger partial charge in [-0.3, -0.25) is 4.90 Å². The number of ether oxygens (including phenoxy) is 1. The van der Waals surface area contributed by atoms with Gasteiger partial charge in [0.25, 0.3) is 0 Å².